The van der Waals surface area contributed by atoms with Crippen LogP contribution in [0.3, 0.4) is 0 Å². The van der Waals surface area contributed by atoms with E-state index >= 15 is 0 Å². The highest BCUT2D eigenvalue weighted by Gasteiger charge is 2.05. The van der Waals surface area contributed by atoms with E-state index in [0.717, 1.165) is 24.9 Å². The minimum atomic E-state index is 0.152. The van der Waals surface area contributed by atoms with Crippen molar-refractivity contribution in [2.75, 3.05) is 0 Å². The van der Waals surface area contributed by atoms with Crippen molar-refractivity contribution in [2.24, 2.45) is 5.92 Å². The van der Waals surface area contributed by atoms with Crippen molar-refractivity contribution in [1.29, 1.82) is 0 Å². The summed E-state index contributed by atoms with van der Waals surface area (Å²) in [5.41, 5.74) is 0.984. The van der Waals surface area contributed by atoms with Crippen LogP contribution in [0.15, 0.2) is 23.1 Å². The van der Waals surface area contributed by atoms with Gasteiger partial charge in [0.05, 0.1) is 0 Å². The number of rotatable bonds is 4. The second-order valence-electron chi connectivity index (χ2n) is 3.83. The standard InChI is InChI=1S/C12H19NO/c1-4-11(5-2)9-13-8-6-7-10(3)12(13)14/h6-8,11H,4-5,9H2,1-3H3. The highest BCUT2D eigenvalue weighted by atomic mass is 16.1. The third-order valence-corrected chi connectivity index (χ3v) is 2.82. The van der Waals surface area contributed by atoms with Crippen molar-refractivity contribution >= 4 is 0 Å². The van der Waals surface area contributed by atoms with Crippen LogP contribution in [0, 0.1) is 12.8 Å². The molecule has 0 saturated heterocycles. The Morgan fingerprint density at radius 3 is 2.57 bits per heavy atom. The molecule has 0 amide bonds. The van der Waals surface area contributed by atoms with Gasteiger partial charge >= 0.3 is 0 Å². The lowest BCUT2D eigenvalue weighted by atomic mass is 10.0. The molecule has 0 N–H and O–H groups in total. The molecule has 0 saturated carbocycles. The van der Waals surface area contributed by atoms with Gasteiger partial charge in [-0.3, -0.25) is 4.79 Å². The van der Waals surface area contributed by atoms with Crippen molar-refractivity contribution in [2.45, 2.75) is 40.2 Å². The molecule has 1 heterocycles. The average molecular weight is 193 g/mol. The third-order valence-electron chi connectivity index (χ3n) is 2.82. The Kier molecular flexibility index (Phi) is 3.93. The molecule has 0 aliphatic heterocycles. The molecule has 0 aliphatic carbocycles. The summed E-state index contributed by atoms with van der Waals surface area (Å²) in [6, 6.07) is 3.81. The summed E-state index contributed by atoms with van der Waals surface area (Å²) < 4.78 is 1.83. The van der Waals surface area contributed by atoms with E-state index in [-0.39, 0.29) is 5.56 Å². The maximum Gasteiger partial charge on any atom is 0.253 e. The molecule has 0 spiro atoms. The molecule has 1 rings (SSSR count). The smallest absolute Gasteiger partial charge is 0.253 e. The van der Waals surface area contributed by atoms with Gasteiger partial charge in [0.15, 0.2) is 0 Å². The van der Waals surface area contributed by atoms with Crippen LogP contribution in [-0.2, 0) is 6.54 Å². The monoisotopic (exact) mass is 193 g/mol. The molecule has 14 heavy (non-hydrogen) atoms. The maximum atomic E-state index is 11.7. The third kappa shape index (κ3) is 2.47. The first-order valence-corrected chi connectivity index (χ1v) is 5.35. The van der Waals surface area contributed by atoms with E-state index in [4.69, 9.17) is 0 Å². The molecule has 78 valence electrons. The van der Waals surface area contributed by atoms with Gasteiger partial charge < -0.3 is 4.57 Å². The molecule has 0 unspecified atom stereocenters. The van der Waals surface area contributed by atoms with Gasteiger partial charge in [-0.25, -0.2) is 0 Å². The van der Waals surface area contributed by atoms with Crippen LogP contribution < -0.4 is 5.56 Å². The van der Waals surface area contributed by atoms with Crippen LogP contribution in [-0.4, -0.2) is 4.57 Å². The molecular formula is C12H19NO. The summed E-state index contributed by atoms with van der Waals surface area (Å²) in [7, 11) is 0. The first-order valence-electron chi connectivity index (χ1n) is 5.35. The zero-order chi connectivity index (χ0) is 10.6. The average Bonchev–Trinajstić information content (AvgIpc) is 2.20. The van der Waals surface area contributed by atoms with Gasteiger partial charge in [0.2, 0.25) is 0 Å². The second kappa shape index (κ2) is 4.99. The lowest BCUT2D eigenvalue weighted by molar-refractivity contribution is 0.411. The molecule has 0 atom stereocenters. The zero-order valence-electron chi connectivity index (χ0n) is 9.29. The van der Waals surface area contributed by atoms with Crippen molar-refractivity contribution in [3.63, 3.8) is 0 Å². The van der Waals surface area contributed by atoms with Crippen molar-refractivity contribution < 1.29 is 0 Å². The first-order chi connectivity index (χ1) is 6.69. The van der Waals surface area contributed by atoms with Gasteiger partial charge in [-0.1, -0.05) is 32.8 Å². The van der Waals surface area contributed by atoms with Crippen molar-refractivity contribution in [1.82, 2.24) is 4.57 Å². The van der Waals surface area contributed by atoms with E-state index in [0.29, 0.717) is 5.92 Å². The Labute approximate surface area is 85.6 Å². The summed E-state index contributed by atoms with van der Waals surface area (Å²) in [6.07, 6.45) is 4.15. The molecule has 0 radical (unpaired) electrons. The summed E-state index contributed by atoms with van der Waals surface area (Å²) >= 11 is 0. The van der Waals surface area contributed by atoms with E-state index in [1.54, 1.807) is 0 Å². The molecule has 1 aromatic heterocycles. The minimum absolute atomic E-state index is 0.152. The van der Waals surface area contributed by atoms with Gasteiger partial charge in [0.1, 0.15) is 0 Å². The molecule has 1 aromatic rings. The Morgan fingerprint density at radius 2 is 2.00 bits per heavy atom. The highest BCUT2D eigenvalue weighted by Crippen LogP contribution is 2.09. The topological polar surface area (TPSA) is 22.0 Å². The summed E-state index contributed by atoms with van der Waals surface area (Å²) in [6.45, 7) is 7.07. The Balaban J connectivity index is 2.86. The fourth-order valence-corrected chi connectivity index (χ4v) is 1.63. The molecule has 2 heteroatoms. The Bertz CT molecular complexity index is 336. The minimum Gasteiger partial charge on any atom is -0.315 e. The Morgan fingerprint density at radius 1 is 1.36 bits per heavy atom. The van der Waals surface area contributed by atoms with Gasteiger partial charge in [-0.05, 0) is 18.9 Å². The predicted molar refractivity (Wildman–Crippen MR) is 59.5 cm³/mol. The molecule has 2 nitrogen and oxygen atoms in total. The Hall–Kier alpha value is -1.05. The van der Waals surface area contributed by atoms with E-state index in [1.807, 2.05) is 29.8 Å². The van der Waals surface area contributed by atoms with Crippen LogP contribution in [0.25, 0.3) is 0 Å². The quantitative estimate of drug-likeness (QED) is 0.720. The largest absolute Gasteiger partial charge is 0.315 e. The lowest BCUT2D eigenvalue weighted by Crippen LogP contribution is -2.24. The van der Waals surface area contributed by atoms with Crippen LogP contribution >= 0.6 is 0 Å². The first kappa shape index (κ1) is 11.0. The van der Waals surface area contributed by atoms with Gasteiger partial charge in [0, 0.05) is 18.3 Å². The van der Waals surface area contributed by atoms with Gasteiger partial charge in [-0.15, -0.1) is 0 Å². The summed E-state index contributed by atoms with van der Waals surface area (Å²) in [5, 5.41) is 0. The molecule has 0 aliphatic rings. The van der Waals surface area contributed by atoms with Gasteiger partial charge in [0.25, 0.3) is 5.56 Å². The number of hydrogen-bond donors (Lipinski definition) is 0. The highest BCUT2D eigenvalue weighted by molar-refractivity contribution is 5.07. The summed E-state index contributed by atoms with van der Waals surface area (Å²) in [4.78, 5) is 11.7. The van der Waals surface area contributed by atoms with Crippen LogP contribution in [0.1, 0.15) is 32.3 Å². The number of hydrogen-bond acceptors (Lipinski definition) is 1. The number of nitrogens with zero attached hydrogens (tertiary/aromatic N) is 1. The molecule has 0 fully saturated rings. The second-order valence-corrected chi connectivity index (χ2v) is 3.83. The van der Waals surface area contributed by atoms with Crippen molar-refractivity contribution in [3.05, 3.63) is 34.2 Å². The summed E-state index contributed by atoms with van der Waals surface area (Å²) in [5.74, 6) is 0.620. The predicted octanol–water partition coefficient (Wildman–Crippen LogP) is 2.59. The van der Waals surface area contributed by atoms with Crippen LogP contribution in [0.4, 0.5) is 0 Å². The zero-order valence-corrected chi connectivity index (χ0v) is 9.29. The molecule has 0 aromatic carbocycles. The van der Waals surface area contributed by atoms with Gasteiger partial charge in [-0.2, -0.15) is 0 Å². The van der Waals surface area contributed by atoms with E-state index in [2.05, 4.69) is 13.8 Å². The number of aryl methyl sites for hydroxylation is 1. The SMILES string of the molecule is CCC(CC)Cn1cccc(C)c1=O. The van der Waals surface area contributed by atoms with Crippen LogP contribution in [0.5, 0.6) is 0 Å². The van der Waals surface area contributed by atoms with E-state index in [1.165, 1.54) is 0 Å². The van der Waals surface area contributed by atoms with Crippen LogP contribution in [0.2, 0.25) is 0 Å². The normalized spacial score (nSPS) is 10.9. The fraction of sp³-hybridized carbons (Fsp3) is 0.583. The molecular weight excluding hydrogens is 174 g/mol. The lowest BCUT2D eigenvalue weighted by Gasteiger charge is -2.14. The number of aromatic nitrogens is 1. The number of pyridine rings is 1. The molecule has 0 bridgehead atoms. The fourth-order valence-electron chi connectivity index (χ4n) is 1.63. The maximum absolute atomic E-state index is 11.7. The van der Waals surface area contributed by atoms with E-state index in [9.17, 15) is 4.79 Å². The van der Waals surface area contributed by atoms with Crippen molar-refractivity contribution in [3.8, 4) is 0 Å². The van der Waals surface area contributed by atoms with E-state index < -0.39 is 0 Å².